The number of nitrogens with zero attached hydrogens (tertiary/aromatic N) is 3. The van der Waals surface area contributed by atoms with Gasteiger partial charge in [-0.05, 0) is 51.4 Å². The number of anilines is 1. The molecule has 170 valence electrons. The van der Waals surface area contributed by atoms with Crippen molar-refractivity contribution in [3.8, 4) is 0 Å². The quantitative estimate of drug-likeness (QED) is 0.505. The first-order chi connectivity index (χ1) is 15.4. The van der Waals surface area contributed by atoms with Gasteiger partial charge in [-0.25, -0.2) is 14.4 Å². The molecule has 3 heterocycles. The van der Waals surface area contributed by atoms with Crippen molar-refractivity contribution in [1.29, 1.82) is 0 Å². The number of aryl methyl sites for hydroxylation is 2. The Bertz CT molecular complexity index is 1110. The molecule has 4 rings (SSSR count). The topological polar surface area (TPSA) is 103 Å². The van der Waals surface area contributed by atoms with Crippen LogP contribution in [0.25, 0.3) is 11.0 Å². The van der Waals surface area contributed by atoms with Gasteiger partial charge in [0.1, 0.15) is 11.6 Å². The highest BCUT2D eigenvalue weighted by atomic mass is 32.1. The highest BCUT2D eigenvalue weighted by molar-refractivity contribution is 7.15. The number of thiazole rings is 1. The van der Waals surface area contributed by atoms with E-state index in [9.17, 15) is 14.0 Å². The third-order valence-corrected chi connectivity index (χ3v) is 6.66. The van der Waals surface area contributed by atoms with Crippen LogP contribution >= 0.6 is 11.3 Å². The second-order valence-electron chi connectivity index (χ2n) is 8.17. The van der Waals surface area contributed by atoms with Crippen molar-refractivity contribution in [3.05, 3.63) is 40.4 Å². The number of fused-ring (bicyclic) bond motifs is 1. The fourth-order valence-corrected chi connectivity index (χ4v) is 4.73. The van der Waals surface area contributed by atoms with Gasteiger partial charge in [-0.2, -0.15) is 0 Å². The molecular formula is C22H27FN6O2S. The molecule has 8 nitrogen and oxygen atoms in total. The molecule has 0 aliphatic carbocycles. The lowest BCUT2D eigenvalue weighted by Gasteiger charge is -2.31. The van der Waals surface area contributed by atoms with Crippen LogP contribution in [0.2, 0.25) is 0 Å². The number of amides is 2. The van der Waals surface area contributed by atoms with Crippen LogP contribution in [-0.4, -0.2) is 57.8 Å². The number of halogens is 1. The molecule has 1 fully saturated rings. The molecule has 1 aromatic carbocycles. The number of likely N-dealkylation sites (tertiary alicyclic amines) is 1. The van der Waals surface area contributed by atoms with Crippen molar-refractivity contribution < 1.29 is 14.0 Å². The molecule has 32 heavy (non-hydrogen) atoms. The second-order valence-corrected chi connectivity index (χ2v) is 9.37. The van der Waals surface area contributed by atoms with Crippen LogP contribution in [0, 0.1) is 25.6 Å². The molecular weight excluding hydrogens is 431 g/mol. The fraction of sp³-hybridized carbons (Fsp3) is 0.455. The van der Waals surface area contributed by atoms with Gasteiger partial charge >= 0.3 is 0 Å². The molecule has 0 radical (unpaired) electrons. The number of hydrogen-bond acceptors (Lipinski definition) is 6. The molecule has 1 aliphatic heterocycles. The summed E-state index contributed by atoms with van der Waals surface area (Å²) in [5.41, 5.74) is 2.28. The van der Waals surface area contributed by atoms with Gasteiger partial charge in [0.25, 0.3) is 0 Å². The van der Waals surface area contributed by atoms with E-state index in [1.807, 2.05) is 18.7 Å². The van der Waals surface area contributed by atoms with Gasteiger partial charge in [-0.1, -0.05) is 0 Å². The number of aromatic nitrogens is 3. The minimum atomic E-state index is -0.312. The first kappa shape index (κ1) is 22.3. The average Bonchev–Trinajstić information content (AvgIpc) is 3.29. The molecule has 1 atom stereocenters. The molecule has 0 bridgehead atoms. The SMILES string of the molecule is Cc1nc(NC(=O)CN2CCCC(C(=O)NCCc3nc4ccc(F)cc4[nH]3)C2)sc1C. The van der Waals surface area contributed by atoms with E-state index in [0.717, 1.165) is 30.0 Å². The van der Waals surface area contributed by atoms with Gasteiger partial charge in [0.05, 0.1) is 29.2 Å². The molecule has 2 amide bonds. The standard InChI is InChI=1S/C22H27FN6O2S/c1-13-14(2)32-22(25-13)28-20(30)12-29-9-3-4-15(11-29)21(31)24-8-7-19-26-17-6-5-16(23)10-18(17)27-19/h5-6,10,15H,3-4,7-9,11-12H2,1-2H3,(H,24,31)(H,26,27)(H,25,28,30). The number of rotatable bonds is 7. The second kappa shape index (κ2) is 9.74. The van der Waals surface area contributed by atoms with Crippen LogP contribution in [0.1, 0.15) is 29.2 Å². The van der Waals surface area contributed by atoms with Crippen LogP contribution in [0.15, 0.2) is 18.2 Å². The zero-order chi connectivity index (χ0) is 22.7. The van der Waals surface area contributed by atoms with Crippen molar-refractivity contribution in [1.82, 2.24) is 25.2 Å². The molecule has 1 aliphatic rings. The third kappa shape index (κ3) is 5.49. The van der Waals surface area contributed by atoms with Gasteiger partial charge in [0.2, 0.25) is 11.8 Å². The van der Waals surface area contributed by atoms with Crippen LogP contribution < -0.4 is 10.6 Å². The van der Waals surface area contributed by atoms with Crippen molar-refractivity contribution in [3.63, 3.8) is 0 Å². The van der Waals surface area contributed by atoms with E-state index in [4.69, 9.17) is 0 Å². The Kier molecular flexibility index (Phi) is 6.80. The summed E-state index contributed by atoms with van der Waals surface area (Å²) in [5, 5.41) is 6.44. The molecule has 1 saturated heterocycles. The maximum Gasteiger partial charge on any atom is 0.240 e. The number of H-pyrrole nitrogens is 1. The van der Waals surface area contributed by atoms with Gasteiger partial charge < -0.3 is 15.6 Å². The summed E-state index contributed by atoms with van der Waals surface area (Å²) >= 11 is 1.47. The Labute approximate surface area is 189 Å². The number of carbonyl (C=O) groups excluding carboxylic acids is 2. The predicted octanol–water partition coefficient (Wildman–Crippen LogP) is 2.78. The highest BCUT2D eigenvalue weighted by Gasteiger charge is 2.27. The van der Waals surface area contributed by atoms with E-state index in [0.29, 0.717) is 41.5 Å². The van der Waals surface area contributed by atoms with E-state index in [-0.39, 0.29) is 30.1 Å². The number of benzene rings is 1. The monoisotopic (exact) mass is 458 g/mol. The molecule has 10 heteroatoms. The van der Waals surface area contributed by atoms with Crippen molar-refractivity contribution in [2.45, 2.75) is 33.1 Å². The smallest absolute Gasteiger partial charge is 0.240 e. The number of hydrogen-bond donors (Lipinski definition) is 3. The maximum atomic E-state index is 13.3. The lowest BCUT2D eigenvalue weighted by molar-refractivity contribution is -0.127. The zero-order valence-electron chi connectivity index (χ0n) is 18.2. The van der Waals surface area contributed by atoms with Crippen molar-refractivity contribution in [2.24, 2.45) is 5.92 Å². The Morgan fingerprint density at radius 2 is 2.16 bits per heavy atom. The number of aromatic amines is 1. The van der Waals surface area contributed by atoms with Crippen LogP contribution in [0.5, 0.6) is 0 Å². The molecule has 3 aromatic rings. The fourth-order valence-electron chi connectivity index (χ4n) is 3.90. The minimum Gasteiger partial charge on any atom is -0.355 e. The minimum absolute atomic E-state index is 0.0107. The molecule has 2 aromatic heterocycles. The van der Waals surface area contributed by atoms with Crippen molar-refractivity contribution >= 4 is 39.3 Å². The molecule has 3 N–H and O–H groups in total. The van der Waals surface area contributed by atoms with Crippen LogP contribution in [0.4, 0.5) is 9.52 Å². The first-order valence-electron chi connectivity index (χ1n) is 10.8. The van der Waals surface area contributed by atoms with E-state index in [1.54, 1.807) is 6.07 Å². The molecule has 1 unspecified atom stereocenters. The largest absolute Gasteiger partial charge is 0.355 e. The number of piperidine rings is 1. The van der Waals surface area contributed by atoms with Crippen LogP contribution in [0.3, 0.4) is 0 Å². The normalized spacial score (nSPS) is 16.9. The Balaban J connectivity index is 1.23. The first-order valence-corrected chi connectivity index (χ1v) is 11.6. The van der Waals surface area contributed by atoms with Gasteiger partial charge in [0, 0.05) is 24.4 Å². The lowest BCUT2D eigenvalue weighted by Crippen LogP contribution is -2.45. The van der Waals surface area contributed by atoms with Crippen LogP contribution in [-0.2, 0) is 16.0 Å². The summed E-state index contributed by atoms with van der Waals surface area (Å²) in [6.07, 6.45) is 2.21. The third-order valence-electron chi connectivity index (χ3n) is 5.67. The average molecular weight is 459 g/mol. The zero-order valence-corrected chi connectivity index (χ0v) is 19.0. The van der Waals surface area contributed by atoms with E-state index >= 15 is 0 Å². The van der Waals surface area contributed by atoms with Gasteiger partial charge in [-0.3, -0.25) is 14.5 Å². The Morgan fingerprint density at radius 3 is 2.94 bits per heavy atom. The summed E-state index contributed by atoms with van der Waals surface area (Å²) < 4.78 is 13.3. The summed E-state index contributed by atoms with van der Waals surface area (Å²) in [6.45, 7) is 5.94. The number of nitrogens with one attached hydrogen (secondary N) is 3. The Morgan fingerprint density at radius 1 is 1.31 bits per heavy atom. The maximum absolute atomic E-state index is 13.3. The van der Waals surface area contributed by atoms with E-state index < -0.39 is 0 Å². The van der Waals surface area contributed by atoms with Gasteiger partial charge in [0.15, 0.2) is 5.13 Å². The molecule has 0 saturated carbocycles. The van der Waals surface area contributed by atoms with E-state index in [2.05, 4.69) is 25.6 Å². The van der Waals surface area contributed by atoms with E-state index in [1.165, 1.54) is 23.5 Å². The van der Waals surface area contributed by atoms with Crippen molar-refractivity contribution in [2.75, 3.05) is 31.5 Å². The highest BCUT2D eigenvalue weighted by Crippen LogP contribution is 2.21. The summed E-state index contributed by atoms with van der Waals surface area (Å²) in [4.78, 5) is 40.0. The number of carbonyl (C=O) groups is 2. The summed E-state index contributed by atoms with van der Waals surface area (Å²) in [6, 6.07) is 4.42. The Hall–Kier alpha value is -2.85. The summed E-state index contributed by atoms with van der Waals surface area (Å²) in [5.74, 6) is 0.129. The summed E-state index contributed by atoms with van der Waals surface area (Å²) in [7, 11) is 0. The lowest BCUT2D eigenvalue weighted by atomic mass is 9.97. The number of imidazole rings is 1. The molecule has 0 spiro atoms. The van der Waals surface area contributed by atoms with Gasteiger partial charge in [-0.15, -0.1) is 11.3 Å². The predicted molar refractivity (Wildman–Crippen MR) is 122 cm³/mol.